The van der Waals surface area contributed by atoms with Crippen LogP contribution in [0.4, 0.5) is 8.78 Å². The summed E-state index contributed by atoms with van der Waals surface area (Å²) in [4.78, 5) is 0. The van der Waals surface area contributed by atoms with E-state index in [9.17, 15) is 8.78 Å². The number of hydrazine groups is 1. The molecule has 0 bridgehead atoms. The van der Waals surface area contributed by atoms with E-state index >= 15 is 0 Å². The molecule has 1 unspecified atom stereocenters. The Morgan fingerprint density at radius 1 is 0.944 bits per heavy atom. The van der Waals surface area contributed by atoms with E-state index in [1.54, 1.807) is 24.3 Å². The third-order valence-corrected chi connectivity index (χ3v) is 2.90. The topological polar surface area (TPSA) is 38.0 Å². The van der Waals surface area contributed by atoms with Gasteiger partial charge in [-0.2, -0.15) is 0 Å². The molecule has 0 saturated heterocycles. The molecular weight excluding hydrogens is 258 g/mol. The Hall–Kier alpha value is -1.49. The summed E-state index contributed by atoms with van der Waals surface area (Å²) < 4.78 is 26.1. The lowest BCUT2D eigenvalue weighted by Crippen LogP contribution is -2.28. The fourth-order valence-corrected chi connectivity index (χ4v) is 1.86. The van der Waals surface area contributed by atoms with Crippen molar-refractivity contribution in [3.63, 3.8) is 0 Å². The van der Waals surface area contributed by atoms with Crippen LogP contribution in [0.2, 0.25) is 5.02 Å². The SMILES string of the molecule is NNC(c1ccc(Cl)cc1)c1ccc(F)c(F)c1. The second-order valence-electron chi connectivity index (χ2n) is 3.82. The van der Waals surface area contributed by atoms with Gasteiger partial charge in [-0.15, -0.1) is 0 Å². The first kappa shape index (κ1) is 13.0. The molecule has 0 spiro atoms. The summed E-state index contributed by atoms with van der Waals surface area (Å²) in [5.74, 6) is 3.68. The minimum absolute atomic E-state index is 0.419. The van der Waals surface area contributed by atoms with Crippen LogP contribution < -0.4 is 11.3 Å². The Morgan fingerprint density at radius 3 is 2.11 bits per heavy atom. The molecule has 0 aromatic heterocycles. The van der Waals surface area contributed by atoms with Crippen LogP contribution in [0.1, 0.15) is 17.2 Å². The number of hydrogen-bond donors (Lipinski definition) is 2. The molecular formula is C13H11ClF2N2. The molecule has 0 heterocycles. The Labute approximate surface area is 108 Å². The molecule has 0 aliphatic carbocycles. The maximum absolute atomic E-state index is 13.2. The highest BCUT2D eigenvalue weighted by atomic mass is 35.5. The number of benzene rings is 2. The van der Waals surface area contributed by atoms with Crippen molar-refractivity contribution >= 4 is 11.6 Å². The van der Waals surface area contributed by atoms with Gasteiger partial charge in [-0.1, -0.05) is 29.8 Å². The van der Waals surface area contributed by atoms with Gasteiger partial charge in [-0.3, -0.25) is 5.84 Å². The van der Waals surface area contributed by atoms with E-state index < -0.39 is 17.7 Å². The predicted molar refractivity (Wildman–Crippen MR) is 67.0 cm³/mol. The van der Waals surface area contributed by atoms with E-state index in [1.165, 1.54) is 6.07 Å². The van der Waals surface area contributed by atoms with Gasteiger partial charge in [0.25, 0.3) is 0 Å². The lowest BCUT2D eigenvalue weighted by molar-refractivity contribution is 0.504. The molecule has 0 radical (unpaired) electrons. The molecule has 0 fully saturated rings. The second-order valence-corrected chi connectivity index (χ2v) is 4.26. The molecule has 0 amide bonds. The van der Waals surface area contributed by atoms with Crippen LogP contribution in [0.25, 0.3) is 0 Å². The van der Waals surface area contributed by atoms with Crippen LogP contribution in [0.15, 0.2) is 42.5 Å². The van der Waals surface area contributed by atoms with Crippen LogP contribution >= 0.6 is 11.6 Å². The van der Waals surface area contributed by atoms with Crippen molar-refractivity contribution in [2.75, 3.05) is 0 Å². The third-order valence-electron chi connectivity index (χ3n) is 2.65. The Kier molecular flexibility index (Phi) is 3.91. The summed E-state index contributed by atoms with van der Waals surface area (Å²) in [7, 11) is 0. The summed E-state index contributed by atoms with van der Waals surface area (Å²) in [6, 6.07) is 10.2. The normalized spacial score (nSPS) is 12.4. The highest BCUT2D eigenvalue weighted by Crippen LogP contribution is 2.24. The zero-order valence-electron chi connectivity index (χ0n) is 9.33. The average molecular weight is 269 g/mol. The molecule has 94 valence electrons. The van der Waals surface area contributed by atoms with Crippen molar-refractivity contribution in [1.82, 2.24) is 5.43 Å². The molecule has 2 aromatic carbocycles. The van der Waals surface area contributed by atoms with Gasteiger partial charge in [0.2, 0.25) is 0 Å². The quantitative estimate of drug-likeness (QED) is 0.663. The average Bonchev–Trinajstić information content (AvgIpc) is 2.37. The van der Waals surface area contributed by atoms with Crippen molar-refractivity contribution < 1.29 is 8.78 Å². The first-order chi connectivity index (χ1) is 8.61. The summed E-state index contributed by atoms with van der Waals surface area (Å²) in [5, 5.41) is 0.597. The number of rotatable bonds is 3. The van der Waals surface area contributed by atoms with Crippen molar-refractivity contribution in [3.05, 3.63) is 70.2 Å². The Morgan fingerprint density at radius 2 is 1.56 bits per heavy atom. The first-order valence-electron chi connectivity index (χ1n) is 5.28. The fraction of sp³-hybridized carbons (Fsp3) is 0.0769. The minimum atomic E-state index is -0.901. The van der Waals surface area contributed by atoms with E-state index in [1.807, 2.05) is 0 Å². The standard InChI is InChI=1S/C13H11ClF2N2/c14-10-4-1-8(2-5-10)13(18-17)9-3-6-11(15)12(16)7-9/h1-7,13,18H,17H2. The molecule has 0 saturated carbocycles. The van der Waals surface area contributed by atoms with Crippen molar-refractivity contribution in [2.24, 2.45) is 5.84 Å². The molecule has 1 atom stereocenters. The molecule has 0 aliphatic rings. The number of halogens is 3. The van der Waals surface area contributed by atoms with Crippen molar-refractivity contribution in [2.45, 2.75) is 6.04 Å². The van der Waals surface area contributed by atoms with Crippen LogP contribution in [-0.2, 0) is 0 Å². The maximum Gasteiger partial charge on any atom is 0.159 e. The van der Waals surface area contributed by atoms with Gasteiger partial charge in [0.1, 0.15) is 0 Å². The Balaban J connectivity index is 2.38. The smallest absolute Gasteiger partial charge is 0.159 e. The van der Waals surface area contributed by atoms with E-state index in [4.69, 9.17) is 17.4 Å². The van der Waals surface area contributed by atoms with E-state index in [2.05, 4.69) is 5.43 Å². The highest BCUT2D eigenvalue weighted by molar-refractivity contribution is 6.30. The molecule has 2 nitrogen and oxygen atoms in total. The van der Waals surface area contributed by atoms with E-state index in [0.29, 0.717) is 10.6 Å². The zero-order chi connectivity index (χ0) is 13.1. The van der Waals surface area contributed by atoms with Gasteiger partial charge in [0.05, 0.1) is 6.04 Å². The molecule has 2 rings (SSSR count). The van der Waals surface area contributed by atoms with E-state index in [0.717, 1.165) is 17.7 Å². The van der Waals surface area contributed by atoms with Gasteiger partial charge in [-0.05, 0) is 35.4 Å². The van der Waals surface area contributed by atoms with Crippen molar-refractivity contribution in [1.29, 1.82) is 0 Å². The number of hydrogen-bond acceptors (Lipinski definition) is 2. The maximum atomic E-state index is 13.2. The van der Waals surface area contributed by atoms with E-state index in [-0.39, 0.29) is 0 Å². The summed E-state index contributed by atoms with van der Waals surface area (Å²) >= 11 is 5.79. The molecule has 0 aliphatic heterocycles. The summed E-state index contributed by atoms with van der Waals surface area (Å²) in [6.07, 6.45) is 0. The summed E-state index contributed by atoms with van der Waals surface area (Å²) in [5.41, 5.74) is 3.92. The molecule has 5 heteroatoms. The van der Waals surface area contributed by atoms with Crippen molar-refractivity contribution in [3.8, 4) is 0 Å². The van der Waals surface area contributed by atoms with Gasteiger partial charge in [-0.25, -0.2) is 14.2 Å². The number of nitrogens with one attached hydrogen (secondary N) is 1. The zero-order valence-corrected chi connectivity index (χ0v) is 10.1. The molecule has 18 heavy (non-hydrogen) atoms. The fourth-order valence-electron chi connectivity index (χ4n) is 1.73. The second kappa shape index (κ2) is 5.44. The molecule has 2 aromatic rings. The first-order valence-corrected chi connectivity index (χ1v) is 5.66. The lowest BCUT2D eigenvalue weighted by Gasteiger charge is -2.17. The van der Waals surface area contributed by atoms with Gasteiger partial charge >= 0.3 is 0 Å². The highest BCUT2D eigenvalue weighted by Gasteiger charge is 2.14. The predicted octanol–water partition coefficient (Wildman–Crippen LogP) is 3.17. The monoisotopic (exact) mass is 268 g/mol. The van der Waals surface area contributed by atoms with Gasteiger partial charge in [0.15, 0.2) is 11.6 Å². The van der Waals surface area contributed by atoms with Crippen LogP contribution in [0.3, 0.4) is 0 Å². The minimum Gasteiger partial charge on any atom is -0.271 e. The van der Waals surface area contributed by atoms with Gasteiger partial charge in [0, 0.05) is 5.02 Å². The third kappa shape index (κ3) is 2.67. The van der Waals surface area contributed by atoms with Crippen LogP contribution in [0.5, 0.6) is 0 Å². The van der Waals surface area contributed by atoms with Crippen LogP contribution in [-0.4, -0.2) is 0 Å². The van der Waals surface area contributed by atoms with Gasteiger partial charge < -0.3 is 0 Å². The summed E-state index contributed by atoms with van der Waals surface area (Å²) in [6.45, 7) is 0. The number of nitrogens with two attached hydrogens (primary N) is 1. The van der Waals surface area contributed by atoms with Crippen LogP contribution in [0, 0.1) is 11.6 Å². The Bertz CT molecular complexity index is 543. The largest absolute Gasteiger partial charge is 0.271 e. The molecule has 3 N–H and O–H groups in total. The lowest BCUT2D eigenvalue weighted by atomic mass is 9.99.